The lowest BCUT2D eigenvalue weighted by Crippen LogP contribution is -2.10. The van der Waals surface area contributed by atoms with Gasteiger partial charge in [0, 0.05) is 12.1 Å². The Labute approximate surface area is 205 Å². The molecule has 200 valence electrons. The van der Waals surface area contributed by atoms with E-state index in [-0.39, 0.29) is 0 Å². The lowest BCUT2D eigenvalue weighted by Gasteiger charge is -2.11. The van der Waals surface area contributed by atoms with Gasteiger partial charge in [0.15, 0.2) is 75.4 Å². The zero-order valence-electron chi connectivity index (χ0n) is 17.9. The molecule has 0 fully saturated rings. The largest absolute Gasteiger partial charge is 0.433 e. The van der Waals surface area contributed by atoms with Crippen molar-refractivity contribution in [2.75, 3.05) is 0 Å². The van der Waals surface area contributed by atoms with Crippen molar-refractivity contribution in [2.45, 2.75) is 0 Å². The first-order chi connectivity index (χ1) is 18.3. The minimum atomic E-state index is -2.61. The van der Waals surface area contributed by atoms with Gasteiger partial charge in [0.1, 0.15) is 5.52 Å². The number of nitrogens with zero attached hydrogens (tertiary/aromatic N) is 4. The third-order valence-corrected chi connectivity index (χ3v) is 5.12. The maximum Gasteiger partial charge on any atom is 0.266 e. The van der Waals surface area contributed by atoms with Crippen LogP contribution in [0.3, 0.4) is 0 Å². The highest BCUT2D eigenvalue weighted by Gasteiger charge is 2.32. The second-order valence-electron chi connectivity index (χ2n) is 7.45. The Balaban J connectivity index is 1.88. The number of hydrogen-bond acceptors (Lipinski definition) is 5. The molecule has 0 aliphatic heterocycles. The van der Waals surface area contributed by atoms with E-state index in [1.54, 1.807) is 0 Å². The van der Waals surface area contributed by atoms with Crippen LogP contribution in [0.25, 0.3) is 45.6 Å². The number of benzene rings is 3. The Morgan fingerprint density at radius 1 is 0.410 bits per heavy atom. The zero-order valence-corrected chi connectivity index (χ0v) is 17.9. The fourth-order valence-corrected chi connectivity index (χ4v) is 3.32. The molecule has 5 aromatic rings. The van der Waals surface area contributed by atoms with Crippen LogP contribution in [0.15, 0.2) is 16.5 Å². The summed E-state index contributed by atoms with van der Waals surface area (Å²) in [5.41, 5.74) is -4.75. The molecule has 0 unspecified atom stereocenters. The van der Waals surface area contributed by atoms with E-state index in [4.69, 9.17) is 4.42 Å². The Bertz CT molecular complexity index is 1670. The van der Waals surface area contributed by atoms with Gasteiger partial charge in [-0.15, -0.1) is 0 Å². The van der Waals surface area contributed by atoms with Gasteiger partial charge in [-0.05, 0) is 0 Å². The van der Waals surface area contributed by atoms with Crippen molar-refractivity contribution in [3.8, 4) is 34.5 Å². The maximum absolute atomic E-state index is 14.5. The van der Waals surface area contributed by atoms with Crippen molar-refractivity contribution in [2.24, 2.45) is 0 Å². The molecule has 0 saturated heterocycles. The van der Waals surface area contributed by atoms with E-state index >= 15 is 0 Å². The van der Waals surface area contributed by atoms with Crippen LogP contribution in [0.4, 0.5) is 52.7 Å². The van der Waals surface area contributed by atoms with Crippen molar-refractivity contribution in [3.63, 3.8) is 0 Å². The Hall–Kier alpha value is -4.70. The molecule has 17 heteroatoms. The molecule has 5 rings (SSSR count). The summed E-state index contributed by atoms with van der Waals surface area (Å²) in [7, 11) is 0. The number of rotatable bonds is 3. The minimum Gasteiger partial charge on any atom is -0.433 e. The summed E-state index contributed by atoms with van der Waals surface area (Å²) in [6, 6.07) is 0.965. The smallest absolute Gasteiger partial charge is 0.266 e. The van der Waals surface area contributed by atoms with Crippen LogP contribution >= 0.6 is 0 Å². The number of halogens is 12. The van der Waals surface area contributed by atoms with E-state index in [0.717, 1.165) is 0 Å². The van der Waals surface area contributed by atoms with E-state index in [0.29, 0.717) is 12.1 Å². The van der Waals surface area contributed by atoms with Gasteiger partial charge in [0.2, 0.25) is 17.5 Å². The van der Waals surface area contributed by atoms with Crippen LogP contribution in [0, 0.1) is 69.8 Å². The Morgan fingerprint density at radius 3 is 1.21 bits per heavy atom. The van der Waals surface area contributed by atoms with Crippen LogP contribution in [-0.4, -0.2) is 19.9 Å². The molecule has 39 heavy (non-hydrogen) atoms. The predicted molar refractivity (Wildman–Crippen MR) is 103 cm³/mol. The second-order valence-corrected chi connectivity index (χ2v) is 7.45. The van der Waals surface area contributed by atoms with Gasteiger partial charge in [0.05, 0.1) is 11.1 Å². The monoisotopic (exact) mass is 566 g/mol. The van der Waals surface area contributed by atoms with Gasteiger partial charge in [-0.25, -0.2) is 72.6 Å². The summed E-state index contributed by atoms with van der Waals surface area (Å²) in [6.07, 6.45) is 0. The Kier molecular flexibility index (Phi) is 5.95. The van der Waals surface area contributed by atoms with Crippen molar-refractivity contribution < 1.29 is 57.1 Å². The molecule has 0 radical (unpaired) electrons. The van der Waals surface area contributed by atoms with Gasteiger partial charge >= 0.3 is 0 Å². The number of aromatic nitrogens is 4. The molecule has 5 nitrogen and oxygen atoms in total. The Morgan fingerprint density at radius 2 is 0.769 bits per heavy atom. The highest BCUT2D eigenvalue weighted by atomic mass is 19.2. The van der Waals surface area contributed by atoms with E-state index in [2.05, 4.69) is 19.9 Å². The van der Waals surface area contributed by atoms with Gasteiger partial charge in [-0.1, -0.05) is 0 Å². The van der Waals surface area contributed by atoms with E-state index in [1.165, 1.54) is 0 Å². The van der Waals surface area contributed by atoms with Crippen LogP contribution < -0.4 is 0 Å². The normalized spacial score (nSPS) is 11.6. The molecule has 0 N–H and O–H groups in total. The zero-order chi connectivity index (χ0) is 28.5. The molecule has 0 aliphatic carbocycles. The van der Waals surface area contributed by atoms with Crippen molar-refractivity contribution in [1.29, 1.82) is 0 Å². The average Bonchev–Trinajstić information content (AvgIpc) is 3.31. The molecule has 3 aromatic carbocycles. The molecule has 0 aliphatic rings. The molecular weight excluding hydrogens is 564 g/mol. The predicted octanol–water partition coefficient (Wildman–Crippen LogP) is 6.68. The number of hydrogen-bond donors (Lipinski definition) is 0. The fraction of sp³-hybridized carbons (Fsp3) is 0. The molecule has 2 heterocycles. The summed E-state index contributed by atoms with van der Waals surface area (Å²) in [6.45, 7) is 0. The van der Waals surface area contributed by atoms with Gasteiger partial charge in [-0.3, -0.25) is 0 Å². The number of fused-ring (bicyclic) bond motifs is 1. The topological polar surface area (TPSA) is 64.7 Å². The van der Waals surface area contributed by atoms with Crippen molar-refractivity contribution in [3.05, 3.63) is 81.9 Å². The minimum absolute atomic E-state index is 0.445. The third kappa shape index (κ3) is 3.91. The molecular formula is C22H2F12N4O. The van der Waals surface area contributed by atoms with Crippen LogP contribution in [0.2, 0.25) is 0 Å². The van der Waals surface area contributed by atoms with E-state index < -0.39 is 115 Å². The third-order valence-electron chi connectivity index (χ3n) is 5.12. The standard InChI is InChI=1S/C22H2F12N4O/c23-3-1-5-6(2-4(3)24)39-22(35-5)21-37-19(7-9(25)13(29)17(33)14(30)10(7)26)36-20(38-21)8-11(27)15(31)18(34)16(32)12(8)28/h1-2H. The first-order valence-corrected chi connectivity index (χ1v) is 9.87. The molecule has 0 spiro atoms. The molecule has 0 bridgehead atoms. The van der Waals surface area contributed by atoms with Gasteiger partial charge < -0.3 is 4.42 Å². The molecule has 0 atom stereocenters. The number of oxazole rings is 1. The van der Waals surface area contributed by atoms with Crippen LogP contribution in [0.1, 0.15) is 0 Å². The van der Waals surface area contributed by atoms with Crippen LogP contribution in [0.5, 0.6) is 0 Å². The summed E-state index contributed by atoms with van der Waals surface area (Å²) >= 11 is 0. The van der Waals surface area contributed by atoms with Crippen molar-refractivity contribution in [1.82, 2.24) is 19.9 Å². The van der Waals surface area contributed by atoms with Gasteiger partial charge in [-0.2, -0.15) is 0 Å². The SMILES string of the molecule is Fc1cc2nc(-c3nc(-c4c(F)c(F)c(F)c(F)c4F)nc(-c4c(F)c(F)c(F)c(F)c4F)n3)oc2cc1F. The fourth-order valence-electron chi connectivity index (χ4n) is 3.32. The first kappa shape index (κ1) is 25.9. The maximum atomic E-state index is 14.5. The van der Waals surface area contributed by atoms with Crippen molar-refractivity contribution >= 4 is 11.1 Å². The lowest BCUT2D eigenvalue weighted by molar-refractivity contribution is 0.380. The summed E-state index contributed by atoms with van der Waals surface area (Å²) in [5.74, 6) is -33.5. The van der Waals surface area contributed by atoms with Gasteiger partial charge in [0.25, 0.3) is 5.89 Å². The average molecular weight is 566 g/mol. The second kappa shape index (κ2) is 8.95. The lowest BCUT2D eigenvalue weighted by atomic mass is 10.1. The van der Waals surface area contributed by atoms with E-state index in [1.807, 2.05) is 0 Å². The summed E-state index contributed by atoms with van der Waals surface area (Å²) in [4.78, 5) is 13.6. The highest BCUT2D eigenvalue weighted by Crippen LogP contribution is 2.35. The van der Waals surface area contributed by atoms with Crippen LogP contribution in [-0.2, 0) is 0 Å². The molecule has 0 amide bonds. The quantitative estimate of drug-likeness (QED) is 0.139. The van der Waals surface area contributed by atoms with E-state index in [9.17, 15) is 52.7 Å². The molecule has 2 aromatic heterocycles. The first-order valence-electron chi connectivity index (χ1n) is 9.87. The summed E-state index contributed by atoms with van der Waals surface area (Å²) in [5, 5.41) is 0. The summed E-state index contributed by atoms with van der Waals surface area (Å²) < 4.78 is 173. The molecule has 0 saturated carbocycles. The highest BCUT2D eigenvalue weighted by molar-refractivity contribution is 5.76.